The molecule has 1 amide bonds. The minimum Gasteiger partial charge on any atom is -0.490 e. The number of anilines is 2. The van der Waals surface area contributed by atoms with Gasteiger partial charge in [0.2, 0.25) is 11.9 Å². The van der Waals surface area contributed by atoms with Crippen molar-refractivity contribution >= 4 is 33.6 Å². The fraction of sp³-hybridized carbons (Fsp3) is 0.136. The number of hydrogen-bond donors (Lipinski definition) is 2. The van der Waals surface area contributed by atoms with Gasteiger partial charge in [0.05, 0.1) is 18.1 Å². The van der Waals surface area contributed by atoms with E-state index in [1.165, 1.54) is 42.7 Å². The molecule has 0 saturated carbocycles. The number of carbonyl (C=O) groups excluding carboxylic acids is 1. The number of carbonyl (C=O) groups is 1. The van der Waals surface area contributed by atoms with Gasteiger partial charge in [-0.1, -0.05) is 6.07 Å². The van der Waals surface area contributed by atoms with Crippen LogP contribution in [0.2, 0.25) is 0 Å². The van der Waals surface area contributed by atoms with E-state index < -0.39 is 10.0 Å². The summed E-state index contributed by atoms with van der Waals surface area (Å²) in [6.07, 6.45) is 6.73. The van der Waals surface area contributed by atoms with E-state index in [1.54, 1.807) is 12.1 Å². The summed E-state index contributed by atoms with van der Waals surface area (Å²) in [5.41, 5.74) is 1.24. The van der Waals surface area contributed by atoms with Crippen LogP contribution in [0.1, 0.15) is 12.0 Å². The van der Waals surface area contributed by atoms with E-state index in [2.05, 4.69) is 20.0 Å². The molecule has 0 atom stereocenters. The first kappa shape index (κ1) is 21.3. The van der Waals surface area contributed by atoms with Gasteiger partial charge < -0.3 is 14.8 Å². The zero-order valence-electron chi connectivity index (χ0n) is 16.9. The Morgan fingerprint density at radius 3 is 2.44 bits per heavy atom. The highest BCUT2D eigenvalue weighted by Gasteiger charge is 2.15. The highest BCUT2D eigenvalue weighted by Crippen LogP contribution is 2.30. The molecule has 4 rings (SSSR count). The lowest BCUT2D eigenvalue weighted by Crippen LogP contribution is -2.15. The Morgan fingerprint density at radius 2 is 1.69 bits per heavy atom. The molecular formula is C22H20N4O5S. The van der Waals surface area contributed by atoms with Crippen LogP contribution in [0.25, 0.3) is 6.08 Å². The summed E-state index contributed by atoms with van der Waals surface area (Å²) in [5.74, 6) is 0.956. The Bertz CT molecular complexity index is 1230. The number of nitrogens with one attached hydrogen (secondary N) is 2. The van der Waals surface area contributed by atoms with Crippen molar-refractivity contribution in [1.29, 1.82) is 0 Å². The van der Waals surface area contributed by atoms with Crippen molar-refractivity contribution in [3.63, 3.8) is 0 Å². The summed E-state index contributed by atoms with van der Waals surface area (Å²) >= 11 is 0. The SMILES string of the molecule is O=C(/C=C/c1ccc2c(c1)OCCCO2)Nc1ccc(S(=O)(=O)Nc2ncccn2)cc1. The van der Waals surface area contributed by atoms with E-state index in [0.717, 1.165) is 12.0 Å². The maximum atomic E-state index is 12.4. The van der Waals surface area contributed by atoms with Crippen molar-refractivity contribution in [2.24, 2.45) is 0 Å². The highest BCUT2D eigenvalue weighted by molar-refractivity contribution is 7.92. The minimum absolute atomic E-state index is 0.0192. The normalized spacial score (nSPS) is 13.4. The molecule has 164 valence electrons. The van der Waals surface area contributed by atoms with Gasteiger partial charge in [0, 0.05) is 30.6 Å². The number of ether oxygens (including phenoxy) is 2. The van der Waals surface area contributed by atoms with Gasteiger partial charge in [-0.15, -0.1) is 0 Å². The van der Waals surface area contributed by atoms with Crippen LogP contribution in [-0.2, 0) is 14.8 Å². The molecular weight excluding hydrogens is 432 g/mol. The number of sulfonamides is 1. The molecule has 2 heterocycles. The van der Waals surface area contributed by atoms with Gasteiger partial charge in [-0.25, -0.2) is 23.1 Å². The zero-order valence-corrected chi connectivity index (χ0v) is 17.7. The van der Waals surface area contributed by atoms with Crippen LogP contribution in [0.5, 0.6) is 11.5 Å². The first-order valence-electron chi connectivity index (χ1n) is 9.78. The Hall–Kier alpha value is -3.92. The van der Waals surface area contributed by atoms with Gasteiger partial charge in [0.1, 0.15) is 0 Å². The maximum absolute atomic E-state index is 12.4. The Morgan fingerprint density at radius 1 is 0.969 bits per heavy atom. The third kappa shape index (κ3) is 5.41. The molecule has 32 heavy (non-hydrogen) atoms. The third-order valence-electron chi connectivity index (χ3n) is 4.42. The number of nitrogens with zero attached hydrogens (tertiary/aromatic N) is 2. The summed E-state index contributed by atoms with van der Waals surface area (Å²) in [6.45, 7) is 1.20. The van der Waals surface area contributed by atoms with Gasteiger partial charge in [-0.3, -0.25) is 4.79 Å². The van der Waals surface area contributed by atoms with E-state index in [1.807, 2.05) is 18.2 Å². The van der Waals surface area contributed by atoms with E-state index in [9.17, 15) is 13.2 Å². The fourth-order valence-corrected chi connectivity index (χ4v) is 3.85. The molecule has 0 bridgehead atoms. The predicted octanol–water partition coefficient (Wildman–Crippen LogP) is 3.09. The second-order valence-corrected chi connectivity index (χ2v) is 8.46. The van der Waals surface area contributed by atoms with Gasteiger partial charge in [0.15, 0.2) is 11.5 Å². The maximum Gasteiger partial charge on any atom is 0.264 e. The van der Waals surface area contributed by atoms with Crippen molar-refractivity contribution in [2.45, 2.75) is 11.3 Å². The first-order valence-corrected chi connectivity index (χ1v) is 11.3. The van der Waals surface area contributed by atoms with Crippen molar-refractivity contribution in [1.82, 2.24) is 9.97 Å². The summed E-state index contributed by atoms with van der Waals surface area (Å²) in [6, 6.07) is 12.8. The average molecular weight is 452 g/mol. The van der Waals surface area contributed by atoms with E-state index >= 15 is 0 Å². The van der Waals surface area contributed by atoms with Gasteiger partial charge >= 0.3 is 0 Å². The van der Waals surface area contributed by atoms with E-state index in [-0.39, 0.29) is 16.8 Å². The number of hydrogen-bond acceptors (Lipinski definition) is 7. The molecule has 1 aliphatic rings. The lowest BCUT2D eigenvalue weighted by Gasteiger charge is -2.08. The van der Waals surface area contributed by atoms with Gasteiger partial charge in [-0.2, -0.15) is 0 Å². The van der Waals surface area contributed by atoms with Crippen LogP contribution in [0.15, 0.2) is 71.9 Å². The zero-order chi connectivity index (χ0) is 22.4. The first-order chi connectivity index (χ1) is 15.5. The van der Waals surface area contributed by atoms with Crippen LogP contribution in [0.3, 0.4) is 0 Å². The van der Waals surface area contributed by atoms with Crippen LogP contribution in [0, 0.1) is 0 Å². The standard InChI is InChI=1S/C22H20N4O5S/c27-21(10-4-16-3-9-19-20(15-16)31-14-2-13-30-19)25-17-5-7-18(8-6-17)32(28,29)26-22-23-11-1-12-24-22/h1,3-12,15H,2,13-14H2,(H,25,27)(H,23,24,26)/b10-4+. The van der Waals surface area contributed by atoms with Crippen LogP contribution >= 0.6 is 0 Å². The number of fused-ring (bicyclic) bond motifs is 1. The molecule has 0 aliphatic carbocycles. The Balaban J connectivity index is 1.38. The van der Waals surface area contributed by atoms with Gasteiger partial charge in [-0.05, 0) is 54.1 Å². The predicted molar refractivity (Wildman–Crippen MR) is 119 cm³/mol. The topological polar surface area (TPSA) is 120 Å². The summed E-state index contributed by atoms with van der Waals surface area (Å²) in [7, 11) is -3.84. The molecule has 0 fully saturated rings. The Labute approximate surface area is 185 Å². The molecule has 0 spiro atoms. The largest absolute Gasteiger partial charge is 0.490 e. The molecule has 0 saturated heterocycles. The lowest BCUT2D eigenvalue weighted by atomic mass is 10.2. The molecule has 0 unspecified atom stereocenters. The molecule has 2 aromatic carbocycles. The number of aromatic nitrogens is 2. The number of benzene rings is 2. The molecule has 1 aromatic heterocycles. The van der Waals surface area contributed by atoms with Crippen LogP contribution < -0.4 is 19.5 Å². The van der Waals surface area contributed by atoms with Crippen LogP contribution in [-0.4, -0.2) is 37.5 Å². The summed E-state index contributed by atoms with van der Waals surface area (Å²) in [5, 5.41) is 2.69. The summed E-state index contributed by atoms with van der Waals surface area (Å²) in [4.78, 5) is 19.9. The molecule has 0 radical (unpaired) electrons. The van der Waals surface area contributed by atoms with Crippen molar-refractivity contribution in [3.05, 3.63) is 72.6 Å². The van der Waals surface area contributed by atoms with Crippen molar-refractivity contribution in [3.8, 4) is 11.5 Å². The molecule has 10 heteroatoms. The molecule has 1 aliphatic heterocycles. The van der Waals surface area contributed by atoms with Crippen molar-refractivity contribution in [2.75, 3.05) is 23.3 Å². The molecule has 2 N–H and O–H groups in total. The Kier molecular flexibility index (Phi) is 6.31. The van der Waals surface area contributed by atoms with E-state index in [0.29, 0.717) is 30.4 Å². The fourth-order valence-electron chi connectivity index (χ4n) is 2.89. The minimum atomic E-state index is -3.84. The van der Waals surface area contributed by atoms with E-state index in [4.69, 9.17) is 9.47 Å². The second-order valence-electron chi connectivity index (χ2n) is 6.78. The molecule has 3 aromatic rings. The van der Waals surface area contributed by atoms with Gasteiger partial charge in [0.25, 0.3) is 10.0 Å². The third-order valence-corrected chi connectivity index (χ3v) is 5.77. The van der Waals surface area contributed by atoms with Crippen molar-refractivity contribution < 1.29 is 22.7 Å². The highest BCUT2D eigenvalue weighted by atomic mass is 32.2. The molecule has 9 nitrogen and oxygen atoms in total. The quantitative estimate of drug-likeness (QED) is 0.552. The lowest BCUT2D eigenvalue weighted by molar-refractivity contribution is -0.111. The average Bonchev–Trinajstić information content (AvgIpc) is 3.03. The second kappa shape index (κ2) is 9.48. The number of amides is 1. The monoisotopic (exact) mass is 452 g/mol. The number of rotatable bonds is 6. The smallest absolute Gasteiger partial charge is 0.264 e. The van der Waals surface area contributed by atoms with Crippen LogP contribution in [0.4, 0.5) is 11.6 Å². The summed E-state index contributed by atoms with van der Waals surface area (Å²) < 4.78 is 38.3.